The molecular weight excluding hydrogens is 180 g/mol. The van der Waals surface area contributed by atoms with Gasteiger partial charge in [-0.25, -0.2) is 0 Å². The fraction of sp³-hybridized carbons (Fsp3) is 0.273. The van der Waals surface area contributed by atoms with E-state index in [1.807, 2.05) is 30.3 Å². The van der Waals surface area contributed by atoms with Crippen LogP contribution in [-0.2, 0) is 14.3 Å². The first kappa shape index (κ1) is 7.74. The molecule has 1 aliphatic heterocycles. The second-order valence-electron chi connectivity index (χ2n) is 3.73. The van der Waals surface area contributed by atoms with Crippen LogP contribution < -0.4 is 0 Å². The van der Waals surface area contributed by atoms with Crippen molar-refractivity contribution in [3.8, 4) is 0 Å². The zero-order chi connectivity index (χ0) is 9.71. The molecule has 14 heavy (non-hydrogen) atoms. The summed E-state index contributed by atoms with van der Waals surface area (Å²) in [6, 6.07) is 9.65. The molecule has 70 valence electrons. The Labute approximate surface area is 80.7 Å². The van der Waals surface area contributed by atoms with E-state index in [0.29, 0.717) is 0 Å². The largest absolute Gasteiger partial charge is 0.393 e. The number of hydrogen-bond acceptors (Lipinski definition) is 3. The standard InChI is InChI=1S/C11H8O3/c12-10-8-7(9(8)11(13)14-10)6-4-2-1-3-5-6/h1-5,7-9H. The Morgan fingerprint density at radius 2 is 1.43 bits per heavy atom. The molecule has 1 saturated carbocycles. The number of fused-ring (bicyclic) bond motifs is 1. The molecule has 0 aromatic heterocycles. The molecule has 0 bridgehead atoms. The van der Waals surface area contributed by atoms with E-state index in [1.54, 1.807) is 0 Å². The Bertz CT molecular complexity index is 390. The maximum Gasteiger partial charge on any atom is 0.318 e. The lowest BCUT2D eigenvalue weighted by molar-refractivity contribution is -0.155. The summed E-state index contributed by atoms with van der Waals surface area (Å²) in [6.45, 7) is 0. The summed E-state index contributed by atoms with van der Waals surface area (Å²) >= 11 is 0. The van der Waals surface area contributed by atoms with Crippen molar-refractivity contribution in [3.63, 3.8) is 0 Å². The molecule has 2 aliphatic rings. The van der Waals surface area contributed by atoms with Crippen molar-refractivity contribution in [2.45, 2.75) is 5.92 Å². The van der Waals surface area contributed by atoms with Gasteiger partial charge in [0.2, 0.25) is 0 Å². The number of benzene rings is 1. The van der Waals surface area contributed by atoms with Crippen LogP contribution in [0.15, 0.2) is 30.3 Å². The molecule has 1 heterocycles. The van der Waals surface area contributed by atoms with Gasteiger partial charge in [0, 0.05) is 5.92 Å². The summed E-state index contributed by atoms with van der Waals surface area (Å²) in [5.41, 5.74) is 1.06. The topological polar surface area (TPSA) is 43.4 Å². The van der Waals surface area contributed by atoms with Crippen LogP contribution in [0.3, 0.4) is 0 Å². The average molecular weight is 188 g/mol. The zero-order valence-electron chi connectivity index (χ0n) is 7.34. The third-order valence-electron chi connectivity index (χ3n) is 2.95. The smallest absolute Gasteiger partial charge is 0.318 e. The van der Waals surface area contributed by atoms with Crippen molar-refractivity contribution in [1.82, 2.24) is 0 Å². The zero-order valence-corrected chi connectivity index (χ0v) is 7.34. The van der Waals surface area contributed by atoms with Gasteiger partial charge in [0.15, 0.2) is 0 Å². The van der Waals surface area contributed by atoms with Gasteiger partial charge in [0.05, 0.1) is 11.8 Å². The maximum absolute atomic E-state index is 11.2. The quantitative estimate of drug-likeness (QED) is 0.489. The van der Waals surface area contributed by atoms with E-state index in [-0.39, 0.29) is 29.7 Å². The van der Waals surface area contributed by atoms with Gasteiger partial charge in [-0.15, -0.1) is 0 Å². The van der Waals surface area contributed by atoms with Crippen molar-refractivity contribution in [3.05, 3.63) is 35.9 Å². The van der Waals surface area contributed by atoms with Crippen LogP contribution in [0.1, 0.15) is 11.5 Å². The first-order valence-electron chi connectivity index (χ1n) is 4.59. The molecule has 1 aromatic rings. The van der Waals surface area contributed by atoms with Gasteiger partial charge < -0.3 is 4.74 Å². The van der Waals surface area contributed by atoms with Gasteiger partial charge in [0.25, 0.3) is 0 Å². The number of hydrogen-bond donors (Lipinski definition) is 0. The Hall–Kier alpha value is -1.64. The van der Waals surface area contributed by atoms with Crippen LogP contribution >= 0.6 is 0 Å². The summed E-state index contributed by atoms with van der Waals surface area (Å²) < 4.78 is 4.50. The Morgan fingerprint density at radius 3 is 2.00 bits per heavy atom. The summed E-state index contributed by atoms with van der Waals surface area (Å²) in [5, 5.41) is 0. The molecule has 3 heteroatoms. The summed E-state index contributed by atoms with van der Waals surface area (Å²) in [6.07, 6.45) is 0. The highest BCUT2D eigenvalue weighted by Gasteiger charge is 2.66. The van der Waals surface area contributed by atoms with Crippen LogP contribution in [0.25, 0.3) is 0 Å². The lowest BCUT2D eigenvalue weighted by Gasteiger charge is -2.01. The van der Waals surface area contributed by atoms with Crippen LogP contribution in [0, 0.1) is 11.8 Å². The van der Waals surface area contributed by atoms with Gasteiger partial charge >= 0.3 is 11.9 Å². The summed E-state index contributed by atoms with van der Waals surface area (Å²) in [5.74, 6) is -1.04. The second-order valence-corrected chi connectivity index (χ2v) is 3.73. The molecule has 2 fully saturated rings. The third kappa shape index (κ3) is 0.867. The van der Waals surface area contributed by atoms with E-state index in [9.17, 15) is 9.59 Å². The average Bonchev–Trinajstić information content (AvgIpc) is 2.87. The molecule has 0 amide bonds. The first-order valence-corrected chi connectivity index (χ1v) is 4.59. The lowest BCUT2D eigenvalue weighted by atomic mass is 10.1. The minimum absolute atomic E-state index is 0.0740. The molecule has 0 spiro atoms. The number of esters is 2. The van der Waals surface area contributed by atoms with Crippen molar-refractivity contribution in [2.75, 3.05) is 0 Å². The molecule has 3 rings (SSSR count). The Balaban J connectivity index is 1.93. The maximum atomic E-state index is 11.2. The SMILES string of the molecule is O=C1OC(=O)C2C1C2c1ccccc1. The van der Waals surface area contributed by atoms with E-state index >= 15 is 0 Å². The predicted octanol–water partition coefficient (Wildman–Crippen LogP) is 1.10. The van der Waals surface area contributed by atoms with Crippen LogP contribution in [0.5, 0.6) is 0 Å². The molecule has 3 nitrogen and oxygen atoms in total. The Kier molecular flexibility index (Phi) is 1.35. The summed E-state index contributed by atoms with van der Waals surface area (Å²) in [7, 11) is 0. The number of rotatable bonds is 1. The van der Waals surface area contributed by atoms with E-state index in [1.165, 1.54) is 0 Å². The van der Waals surface area contributed by atoms with Gasteiger partial charge in [0.1, 0.15) is 0 Å². The van der Waals surface area contributed by atoms with E-state index in [0.717, 1.165) is 5.56 Å². The fourth-order valence-corrected chi connectivity index (χ4v) is 2.22. The monoisotopic (exact) mass is 188 g/mol. The van der Waals surface area contributed by atoms with E-state index < -0.39 is 0 Å². The molecular formula is C11H8O3. The highest BCUT2D eigenvalue weighted by atomic mass is 16.6. The normalized spacial score (nSPS) is 33.9. The van der Waals surface area contributed by atoms with Gasteiger partial charge in [-0.3, -0.25) is 9.59 Å². The summed E-state index contributed by atoms with van der Waals surface area (Å²) in [4.78, 5) is 22.3. The van der Waals surface area contributed by atoms with Crippen molar-refractivity contribution in [2.24, 2.45) is 11.8 Å². The van der Waals surface area contributed by atoms with E-state index in [4.69, 9.17) is 0 Å². The van der Waals surface area contributed by atoms with E-state index in [2.05, 4.69) is 4.74 Å². The number of carbonyl (C=O) groups is 2. The highest BCUT2D eigenvalue weighted by molar-refractivity contribution is 6.02. The molecule has 0 N–H and O–H groups in total. The van der Waals surface area contributed by atoms with Crippen LogP contribution in [0.4, 0.5) is 0 Å². The minimum Gasteiger partial charge on any atom is -0.393 e. The number of carbonyl (C=O) groups excluding carboxylic acids is 2. The number of ether oxygens (including phenoxy) is 1. The third-order valence-corrected chi connectivity index (χ3v) is 2.95. The van der Waals surface area contributed by atoms with Gasteiger partial charge in [-0.05, 0) is 5.56 Å². The van der Waals surface area contributed by atoms with Crippen molar-refractivity contribution in [1.29, 1.82) is 0 Å². The lowest BCUT2D eigenvalue weighted by Crippen LogP contribution is -2.09. The highest BCUT2D eigenvalue weighted by Crippen LogP contribution is 2.58. The van der Waals surface area contributed by atoms with Gasteiger partial charge in [-0.2, -0.15) is 0 Å². The second kappa shape index (κ2) is 2.44. The minimum atomic E-state index is -0.353. The molecule has 2 unspecified atom stereocenters. The van der Waals surface area contributed by atoms with Crippen molar-refractivity contribution >= 4 is 11.9 Å². The molecule has 0 radical (unpaired) electrons. The van der Waals surface area contributed by atoms with Crippen LogP contribution in [0.2, 0.25) is 0 Å². The predicted molar refractivity (Wildman–Crippen MR) is 47.3 cm³/mol. The number of cyclic esters (lactones) is 2. The Morgan fingerprint density at radius 1 is 0.857 bits per heavy atom. The van der Waals surface area contributed by atoms with Gasteiger partial charge in [-0.1, -0.05) is 30.3 Å². The molecule has 1 aromatic carbocycles. The van der Waals surface area contributed by atoms with Crippen LogP contribution in [-0.4, -0.2) is 11.9 Å². The molecule has 1 aliphatic carbocycles. The molecule has 2 atom stereocenters. The molecule has 1 saturated heterocycles. The van der Waals surface area contributed by atoms with Crippen molar-refractivity contribution < 1.29 is 14.3 Å². The fourth-order valence-electron chi connectivity index (χ4n) is 2.22. The first-order chi connectivity index (χ1) is 6.79.